The minimum absolute atomic E-state index is 0. The fraction of sp³-hybridized carbons (Fsp3) is 0.889. The first-order valence-corrected chi connectivity index (χ1v) is 9.44. The van der Waals surface area contributed by atoms with E-state index in [0.717, 1.165) is 49.8 Å². The maximum atomic E-state index is 11.7. The fourth-order valence-corrected chi connectivity index (χ4v) is 4.82. The average molecular weight is 448 g/mol. The third kappa shape index (κ3) is 4.76. The molecule has 24 heavy (non-hydrogen) atoms. The van der Waals surface area contributed by atoms with E-state index in [0.29, 0.717) is 12.5 Å². The van der Waals surface area contributed by atoms with E-state index in [-0.39, 0.29) is 29.9 Å². The summed E-state index contributed by atoms with van der Waals surface area (Å²) in [5.41, 5.74) is 0. The van der Waals surface area contributed by atoms with Crippen LogP contribution >= 0.6 is 24.0 Å². The van der Waals surface area contributed by atoms with Crippen molar-refractivity contribution in [2.24, 2.45) is 22.7 Å². The van der Waals surface area contributed by atoms with Gasteiger partial charge in [-0.05, 0) is 49.9 Å². The second kappa shape index (κ2) is 9.25. The lowest BCUT2D eigenvalue weighted by molar-refractivity contribution is -0.129. The summed E-state index contributed by atoms with van der Waals surface area (Å²) in [6.45, 7) is 4.61. The number of amides is 1. The largest absolute Gasteiger partial charge is 0.356 e. The van der Waals surface area contributed by atoms with Gasteiger partial charge in [0.25, 0.3) is 0 Å². The lowest BCUT2D eigenvalue weighted by Crippen LogP contribution is -2.45. The second-order valence-corrected chi connectivity index (χ2v) is 7.55. The number of nitrogens with one attached hydrogen (secondary N) is 2. The summed E-state index contributed by atoms with van der Waals surface area (Å²) >= 11 is 0. The lowest BCUT2D eigenvalue weighted by atomic mass is 9.86. The van der Waals surface area contributed by atoms with Gasteiger partial charge in [-0.2, -0.15) is 0 Å². The summed E-state index contributed by atoms with van der Waals surface area (Å²) in [5, 5.41) is 6.96. The van der Waals surface area contributed by atoms with Crippen LogP contribution in [-0.2, 0) is 4.79 Å². The van der Waals surface area contributed by atoms with Crippen LogP contribution < -0.4 is 10.6 Å². The highest BCUT2D eigenvalue weighted by atomic mass is 127. The highest BCUT2D eigenvalue weighted by Gasteiger charge is 2.38. The van der Waals surface area contributed by atoms with E-state index in [9.17, 15) is 4.79 Å². The van der Waals surface area contributed by atoms with Crippen LogP contribution in [0.1, 0.15) is 51.9 Å². The number of guanidine groups is 1. The van der Waals surface area contributed by atoms with Crippen LogP contribution in [0.5, 0.6) is 0 Å². The van der Waals surface area contributed by atoms with Gasteiger partial charge in [0.05, 0.1) is 0 Å². The third-order valence-electron chi connectivity index (χ3n) is 6.10. The van der Waals surface area contributed by atoms with Gasteiger partial charge >= 0.3 is 0 Å². The molecule has 3 rings (SSSR count). The molecule has 1 aliphatic heterocycles. The zero-order valence-corrected chi connectivity index (χ0v) is 17.4. The van der Waals surface area contributed by atoms with Crippen molar-refractivity contribution in [2.75, 3.05) is 26.7 Å². The molecule has 0 aromatic carbocycles. The van der Waals surface area contributed by atoms with Gasteiger partial charge in [-0.3, -0.25) is 9.79 Å². The van der Waals surface area contributed by atoms with Gasteiger partial charge in [-0.25, -0.2) is 0 Å². The molecule has 1 amide bonds. The molecule has 4 unspecified atom stereocenters. The van der Waals surface area contributed by atoms with E-state index in [1.165, 1.54) is 32.1 Å². The van der Waals surface area contributed by atoms with Crippen molar-refractivity contribution in [1.29, 1.82) is 0 Å². The molecule has 1 saturated heterocycles. The van der Waals surface area contributed by atoms with E-state index < -0.39 is 0 Å². The van der Waals surface area contributed by atoms with Gasteiger partial charge in [0, 0.05) is 39.1 Å². The molecule has 2 N–H and O–H groups in total. The summed E-state index contributed by atoms with van der Waals surface area (Å²) in [7, 11) is 1.83. The zero-order chi connectivity index (χ0) is 16.2. The van der Waals surface area contributed by atoms with Crippen molar-refractivity contribution in [1.82, 2.24) is 15.5 Å². The van der Waals surface area contributed by atoms with E-state index in [1.54, 1.807) is 0 Å². The highest BCUT2D eigenvalue weighted by molar-refractivity contribution is 14.0. The molecule has 2 saturated carbocycles. The van der Waals surface area contributed by atoms with Crippen LogP contribution in [0.2, 0.25) is 0 Å². The monoisotopic (exact) mass is 448 g/mol. The molecular formula is C18H33IN4O. The number of carbonyl (C=O) groups is 1. The maximum Gasteiger partial charge on any atom is 0.222 e. The number of hydrogen-bond acceptors (Lipinski definition) is 2. The predicted octanol–water partition coefficient (Wildman–Crippen LogP) is 2.61. The van der Waals surface area contributed by atoms with Crippen LogP contribution in [-0.4, -0.2) is 49.5 Å². The summed E-state index contributed by atoms with van der Waals surface area (Å²) in [6, 6.07) is 0.333. The van der Waals surface area contributed by atoms with E-state index in [1.807, 2.05) is 18.9 Å². The van der Waals surface area contributed by atoms with Gasteiger partial charge in [0.1, 0.15) is 0 Å². The maximum absolute atomic E-state index is 11.7. The second-order valence-electron chi connectivity index (χ2n) is 7.55. The van der Waals surface area contributed by atoms with Crippen molar-refractivity contribution in [3.8, 4) is 0 Å². The Kier molecular flexibility index (Phi) is 7.62. The molecule has 1 heterocycles. The Labute approximate surface area is 163 Å². The summed E-state index contributed by atoms with van der Waals surface area (Å²) < 4.78 is 0. The fourth-order valence-electron chi connectivity index (χ4n) is 4.82. The van der Waals surface area contributed by atoms with Crippen molar-refractivity contribution in [3.63, 3.8) is 0 Å². The normalized spacial score (nSPS) is 31.9. The Hall–Kier alpha value is -0.530. The topological polar surface area (TPSA) is 56.7 Å². The molecule has 138 valence electrons. The minimum Gasteiger partial charge on any atom is -0.356 e. The van der Waals surface area contributed by atoms with Gasteiger partial charge in [0.2, 0.25) is 5.91 Å². The van der Waals surface area contributed by atoms with Crippen LogP contribution in [0, 0.1) is 17.8 Å². The van der Waals surface area contributed by atoms with Crippen molar-refractivity contribution < 1.29 is 4.79 Å². The molecule has 4 atom stereocenters. The molecule has 6 heteroatoms. The molecule has 0 radical (unpaired) electrons. The molecule has 3 fully saturated rings. The molecule has 0 aromatic heterocycles. The van der Waals surface area contributed by atoms with Gasteiger partial charge < -0.3 is 15.5 Å². The Morgan fingerprint density at radius 3 is 2.71 bits per heavy atom. The first kappa shape index (κ1) is 19.8. The molecule has 2 aliphatic carbocycles. The van der Waals surface area contributed by atoms with Crippen LogP contribution in [0.15, 0.2) is 4.99 Å². The van der Waals surface area contributed by atoms with E-state index in [2.05, 4.69) is 15.6 Å². The van der Waals surface area contributed by atoms with Crippen LogP contribution in [0.4, 0.5) is 0 Å². The number of likely N-dealkylation sites (tertiary alicyclic amines) is 1. The van der Waals surface area contributed by atoms with Gasteiger partial charge in [-0.1, -0.05) is 13.3 Å². The quantitative estimate of drug-likeness (QED) is 0.386. The lowest BCUT2D eigenvalue weighted by Gasteiger charge is -2.23. The Morgan fingerprint density at radius 2 is 2.08 bits per heavy atom. The van der Waals surface area contributed by atoms with Crippen molar-refractivity contribution in [2.45, 2.75) is 57.9 Å². The minimum atomic E-state index is 0. The van der Waals surface area contributed by atoms with Crippen molar-refractivity contribution >= 4 is 35.8 Å². The first-order valence-electron chi connectivity index (χ1n) is 9.44. The summed E-state index contributed by atoms with van der Waals surface area (Å²) in [4.78, 5) is 18.1. The molecule has 2 bridgehead atoms. The van der Waals surface area contributed by atoms with Crippen LogP contribution in [0.25, 0.3) is 0 Å². The molecule has 3 aliphatic rings. The standard InChI is InChI=1S/C18H32N4O.HI/c1-3-17(23)22-9-7-16(12-22)21-18(19-2)20-8-6-15-11-13-4-5-14(15)10-13;/h13-16H,3-12H2,1-2H3,(H2,19,20,21);1H. The Bertz CT molecular complexity index is 456. The highest BCUT2D eigenvalue weighted by Crippen LogP contribution is 2.49. The van der Waals surface area contributed by atoms with Crippen LogP contribution in [0.3, 0.4) is 0 Å². The molecule has 5 nitrogen and oxygen atoms in total. The number of carbonyl (C=O) groups excluding carboxylic acids is 1. The van der Waals surface area contributed by atoms with Crippen molar-refractivity contribution in [3.05, 3.63) is 0 Å². The first-order chi connectivity index (χ1) is 11.2. The zero-order valence-electron chi connectivity index (χ0n) is 15.1. The predicted molar refractivity (Wildman–Crippen MR) is 109 cm³/mol. The number of nitrogens with zero attached hydrogens (tertiary/aromatic N) is 2. The third-order valence-corrected chi connectivity index (χ3v) is 6.10. The number of hydrogen-bond donors (Lipinski definition) is 2. The SMILES string of the molecule is CCC(=O)N1CCC(NC(=NC)NCCC2CC3CCC2C3)C1.I. The molecular weight excluding hydrogens is 415 g/mol. The number of halogens is 1. The van der Waals surface area contributed by atoms with Gasteiger partial charge in [-0.15, -0.1) is 24.0 Å². The number of rotatable bonds is 5. The Morgan fingerprint density at radius 1 is 1.25 bits per heavy atom. The number of fused-ring (bicyclic) bond motifs is 2. The summed E-state index contributed by atoms with van der Waals surface area (Å²) in [6.07, 6.45) is 8.77. The van der Waals surface area contributed by atoms with Gasteiger partial charge in [0.15, 0.2) is 5.96 Å². The average Bonchev–Trinajstić information content (AvgIpc) is 3.29. The summed E-state index contributed by atoms with van der Waals surface area (Å²) in [5.74, 6) is 4.12. The Balaban J connectivity index is 0.00000208. The number of aliphatic imine (C=N–C) groups is 1. The smallest absolute Gasteiger partial charge is 0.222 e. The van der Waals surface area contributed by atoms with E-state index in [4.69, 9.17) is 0 Å². The van der Waals surface area contributed by atoms with E-state index >= 15 is 0 Å². The molecule has 0 aromatic rings. The molecule has 0 spiro atoms.